The molecule has 0 atom stereocenters. The second-order valence-electron chi connectivity index (χ2n) is 5.85. The molecule has 0 bridgehead atoms. The van der Waals surface area contributed by atoms with E-state index >= 15 is 0 Å². The van der Waals surface area contributed by atoms with Gasteiger partial charge in [-0.05, 0) is 49.7 Å². The lowest BCUT2D eigenvalue weighted by atomic mass is 10.1. The number of halogens is 1. The van der Waals surface area contributed by atoms with Gasteiger partial charge in [0.15, 0.2) is 5.65 Å². The van der Waals surface area contributed by atoms with E-state index in [1.165, 1.54) is 25.7 Å². The Morgan fingerprint density at radius 3 is 2.63 bits per heavy atom. The highest BCUT2D eigenvalue weighted by atomic mass is 35.5. The van der Waals surface area contributed by atoms with Crippen LogP contribution in [-0.4, -0.2) is 20.4 Å². The summed E-state index contributed by atoms with van der Waals surface area (Å²) < 4.78 is 2.42. The fourth-order valence-electron chi connectivity index (χ4n) is 3.23. The maximum Gasteiger partial charge on any atom is 0.160 e. The summed E-state index contributed by atoms with van der Waals surface area (Å²) in [4.78, 5) is 9.34. The quantitative estimate of drug-likeness (QED) is 0.781. The van der Waals surface area contributed by atoms with Crippen LogP contribution in [0.2, 0.25) is 0 Å². The van der Waals surface area contributed by atoms with Crippen molar-refractivity contribution in [2.24, 2.45) is 11.8 Å². The fourth-order valence-corrected chi connectivity index (χ4v) is 3.40. The molecule has 100 valence electrons. The van der Waals surface area contributed by atoms with E-state index in [2.05, 4.69) is 15.6 Å². The van der Waals surface area contributed by atoms with Gasteiger partial charge in [0.05, 0.1) is 0 Å². The first-order valence-electron chi connectivity index (χ1n) is 7.26. The zero-order valence-electron chi connectivity index (χ0n) is 10.9. The molecule has 2 aromatic rings. The molecule has 0 N–H and O–H groups in total. The smallest absolute Gasteiger partial charge is 0.160 e. The molecule has 0 unspecified atom stereocenters. The second-order valence-corrected chi connectivity index (χ2v) is 6.23. The summed E-state index contributed by atoms with van der Waals surface area (Å²) in [7, 11) is 0. The Morgan fingerprint density at radius 2 is 2.00 bits per heavy atom. The monoisotopic (exact) mass is 275 g/mol. The van der Waals surface area contributed by atoms with Crippen LogP contribution in [0.4, 0.5) is 0 Å². The molecular formula is C15H18ClN3. The molecule has 2 saturated carbocycles. The number of fused-ring (bicyclic) bond motifs is 1. The van der Waals surface area contributed by atoms with Crippen molar-refractivity contribution in [3.05, 3.63) is 24.2 Å². The first kappa shape index (κ1) is 11.7. The fraction of sp³-hybridized carbons (Fsp3) is 0.600. The zero-order chi connectivity index (χ0) is 12.8. The Bertz CT molecular complexity index is 586. The second kappa shape index (κ2) is 4.48. The number of aryl methyl sites for hydroxylation is 1. The van der Waals surface area contributed by atoms with Gasteiger partial charge in [-0.2, -0.15) is 0 Å². The van der Waals surface area contributed by atoms with Crippen LogP contribution in [0.1, 0.15) is 37.5 Å². The molecule has 0 saturated heterocycles. The van der Waals surface area contributed by atoms with Crippen molar-refractivity contribution < 1.29 is 0 Å². The Labute approximate surface area is 118 Å². The number of nitrogens with zero attached hydrogens (tertiary/aromatic N) is 3. The maximum atomic E-state index is 5.96. The predicted molar refractivity (Wildman–Crippen MR) is 76.4 cm³/mol. The SMILES string of the molecule is ClCCc1nc2cccnc2n1C(C1CC1)C1CC1. The summed E-state index contributed by atoms with van der Waals surface area (Å²) in [5.74, 6) is 3.46. The number of hydrogen-bond acceptors (Lipinski definition) is 2. The summed E-state index contributed by atoms with van der Waals surface area (Å²) in [6, 6.07) is 4.65. The third-order valence-corrected chi connectivity index (χ3v) is 4.54. The molecule has 0 aliphatic heterocycles. The van der Waals surface area contributed by atoms with E-state index in [0.717, 1.165) is 35.2 Å². The average molecular weight is 276 g/mol. The minimum atomic E-state index is 0.623. The first-order valence-corrected chi connectivity index (χ1v) is 7.79. The van der Waals surface area contributed by atoms with Crippen molar-refractivity contribution in [2.75, 3.05) is 5.88 Å². The molecule has 0 amide bonds. The van der Waals surface area contributed by atoms with Crippen molar-refractivity contribution in [2.45, 2.75) is 38.1 Å². The van der Waals surface area contributed by atoms with Gasteiger partial charge in [-0.25, -0.2) is 9.97 Å². The minimum Gasteiger partial charge on any atom is -0.309 e. The van der Waals surface area contributed by atoms with Crippen LogP contribution in [0.25, 0.3) is 11.2 Å². The van der Waals surface area contributed by atoms with E-state index in [-0.39, 0.29) is 0 Å². The molecule has 2 aliphatic rings. The Morgan fingerprint density at radius 1 is 1.26 bits per heavy atom. The van der Waals surface area contributed by atoms with E-state index in [9.17, 15) is 0 Å². The normalized spacial score (nSPS) is 19.5. The van der Waals surface area contributed by atoms with E-state index in [0.29, 0.717) is 11.9 Å². The molecule has 0 aromatic carbocycles. The van der Waals surface area contributed by atoms with Crippen molar-refractivity contribution in [1.29, 1.82) is 0 Å². The van der Waals surface area contributed by atoms with E-state index in [1.807, 2.05) is 12.3 Å². The van der Waals surface area contributed by atoms with Crippen LogP contribution in [-0.2, 0) is 6.42 Å². The van der Waals surface area contributed by atoms with Crippen molar-refractivity contribution in [3.63, 3.8) is 0 Å². The highest BCUT2D eigenvalue weighted by Crippen LogP contribution is 2.53. The topological polar surface area (TPSA) is 30.7 Å². The lowest BCUT2D eigenvalue weighted by Gasteiger charge is -2.20. The molecule has 2 aromatic heterocycles. The van der Waals surface area contributed by atoms with Crippen LogP contribution < -0.4 is 0 Å². The Hall–Kier alpha value is -1.09. The van der Waals surface area contributed by atoms with Crippen LogP contribution >= 0.6 is 11.6 Å². The first-order chi connectivity index (χ1) is 9.38. The highest BCUT2D eigenvalue weighted by Gasteiger charge is 2.44. The molecule has 4 heteroatoms. The lowest BCUT2D eigenvalue weighted by molar-refractivity contribution is 0.392. The number of hydrogen-bond donors (Lipinski definition) is 0. The molecule has 2 fully saturated rings. The molecule has 4 rings (SSSR count). The number of rotatable bonds is 5. The standard InChI is InChI=1S/C15H18ClN3/c16-8-7-13-18-12-2-1-9-17-15(12)19(13)14(10-3-4-10)11-5-6-11/h1-2,9-11,14H,3-8H2. The average Bonchev–Trinajstić information content (AvgIpc) is 3.31. The predicted octanol–water partition coefficient (Wildman–Crippen LogP) is 3.57. The van der Waals surface area contributed by atoms with Gasteiger partial charge < -0.3 is 4.57 Å². The van der Waals surface area contributed by atoms with Crippen LogP contribution in [0.5, 0.6) is 0 Å². The number of pyridine rings is 1. The van der Waals surface area contributed by atoms with Crippen LogP contribution in [0.3, 0.4) is 0 Å². The number of imidazole rings is 1. The molecular weight excluding hydrogens is 258 g/mol. The van der Waals surface area contributed by atoms with Gasteiger partial charge in [0.2, 0.25) is 0 Å². The van der Waals surface area contributed by atoms with Crippen molar-refractivity contribution in [3.8, 4) is 0 Å². The zero-order valence-corrected chi connectivity index (χ0v) is 11.7. The van der Waals surface area contributed by atoms with Gasteiger partial charge in [0.25, 0.3) is 0 Å². The number of alkyl halides is 1. The summed E-state index contributed by atoms with van der Waals surface area (Å²) in [5.41, 5.74) is 2.08. The minimum absolute atomic E-state index is 0.623. The third-order valence-electron chi connectivity index (χ3n) is 4.35. The molecule has 19 heavy (non-hydrogen) atoms. The molecule has 3 nitrogen and oxygen atoms in total. The lowest BCUT2D eigenvalue weighted by Crippen LogP contribution is -2.17. The van der Waals surface area contributed by atoms with Crippen molar-refractivity contribution in [1.82, 2.24) is 14.5 Å². The molecule has 2 heterocycles. The van der Waals surface area contributed by atoms with Gasteiger partial charge >= 0.3 is 0 Å². The highest BCUT2D eigenvalue weighted by molar-refractivity contribution is 6.17. The van der Waals surface area contributed by atoms with E-state index in [1.54, 1.807) is 0 Å². The summed E-state index contributed by atoms with van der Waals surface area (Å²) in [5, 5.41) is 0. The van der Waals surface area contributed by atoms with Crippen molar-refractivity contribution >= 4 is 22.8 Å². The third kappa shape index (κ3) is 2.04. The largest absolute Gasteiger partial charge is 0.309 e. The van der Waals surface area contributed by atoms with Gasteiger partial charge in [0.1, 0.15) is 11.3 Å². The van der Waals surface area contributed by atoms with Gasteiger partial charge in [0, 0.05) is 24.5 Å². The summed E-state index contributed by atoms with van der Waals surface area (Å²) >= 11 is 5.96. The Balaban J connectivity index is 1.86. The number of aromatic nitrogens is 3. The van der Waals surface area contributed by atoms with Crippen LogP contribution in [0, 0.1) is 11.8 Å². The van der Waals surface area contributed by atoms with Gasteiger partial charge in [-0.1, -0.05) is 0 Å². The molecule has 0 spiro atoms. The van der Waals surface area contributed by atoms with Gasteiger partial charge in [-0.3, -0.25) is 0 Å². The maximum absolute atomic E-state index is 5.96. The van der Waals surface area contributed by atoms with Crippen LogP contribution in [0.15, 0.2) is 18.3 Å². The van der Waals surface area contributed by atoms with Gasteiger partial charge in [-0.15, -0.1) is 11.6 Å². The van der Waals surface area contributed by atoms with E-state index < -0.39 is 0 Å². The molecule has 2 aliphatic carbocycles. The molecule has 0 radical (unpaired) electrons. The van der Waals surface area contributed by atoms with E-state index in [4.69, 9.17) is 16.6 Å². The summed E-state index contributed by atoms with van der Waals surface area (Å²) in [6.45, 7) is 0. The summed E-state index contributed by atoms with van der Waals surface area (Å²) in [6.07, 6.45) is 8.19. The Kier molecular flexibility index (Phi) is 2.76.